The molecule has 4 rings (SSSR count). The molecule has 2 aromatic heterocycles. The minimum Gasteiger partial charge on any atom is -0.337 e. The maximum atomic E-state index is 12.9. The van der Waals surface area contributed by atoms with Gasteiger partial charge in [0.25, 0.3) is 11.5 Å². The monoisotopic (exact) mass is 382 g/mol. The molecule has 0 saturated carbocycles. The Hall–Kier alpha value is -2.54. The van der Waals surface area contributed by atoms with Crippen LogP contribution in [-0.4, -0.2) is 38.7 Å². The van der Waals surface area contributed by atoms with Gasteiger partial charge in [-0.2, -0.15) is 5.10 Å². The van der Waals surface area contributed by atoms with Gasteiger partial charge >= 0.3 is 0 Å². The molecule has 7 heteroatoms. The van der Waals surface area contributed by atoms with Gasteiger partial charge in [0.1, 0.15) is 5.69 Å². The number of rotatable bonds is 4. The zero-order valence-corrected chi connectivity index (χ0v) is 16.1. The van der Waals surface area contributed by atoms with Crippen molar-refractivity contribution in [3.8, 4) is 0 Å². The Morgan fingerprint density at radius 3 is 2.93 bits per heavy atom. The van der Waals surface area contributed by atoms with E-state index in [1.54, 1.807) is 11.3 Å². The highest BCUT2D eigenvalue weighted by Crippen LogP contribution is 2.33. The van der Waals surface area contributed by atoms with Crippen molar-refractivity contribution in [1.29, 1.82) is 0 Å². The molecule has 1 atom stereocenters. The van der Waals surface area contributed by atoms with Crippen molar-refractivity contribution in [2.24, 2.45) is 0 Å². The first-order valence-corrected chi connectivity index (χ1v) is 10.2. The van der Waals surface area contributed by atoms with Crippen LogP contribution < -0.4 is 5.56 Å². The smallest absolute Gasteiger partial charge is 0.274 e. The van der Waals surface area contributed by atoms with Crippen molar-refractivity contribution in [1.82, 2.24) is 19.7 Å². The van der Waals surface area contributed by atoms with E-state index in [-0.39, 0.29) is 17.4 Å². The topological polar surface area (TPSA) is 68.1 Å². The summed E-state index contributed by atoms with van der Waals surface area (Å²) in [4.78, 5) is 31.4. The van der Waals surface area contributed by atoms with Crippen molar-refractivity contribution in [2.75, 3.05) is 13.1 Å². The molecular weight excluding hydrogens is 360 g/mol. The van der Waals surface area contributed by atoms with Crippen LogP contribution in [0.4, 0.5) is 0 Å². The summed E-state index contributed by atoms with van der Waals surface area (Å²) in [5, 5.41) is 5.36. The molecule has 0 aliphatic carbocycles. The summed E-state index contributed by atoms with van der Waals surface area (Å²) < 4.78 is 2.56. The van der Waals surface area contributed by atoms with E-state index >= 15 is 0 Å². The number of carbonyl (C=O) groups excluding carboxylic acids is 1. The van der Waals surface area contributed by atoms with E-state index in [1.807, 2.05) is 30.0 Å². The molecule has 1 aliphatic heterocycles. The predicted octanol–water partition coefficient (Wildman–Crippen LogP) is 3.28. The molecule has 0 radical (unpaired) electrons. The molecule has 1 fully saturated rings. The fraction of sp³-hybridized carbons (Fsp3) is 0.400. The molecule has 1 aromatic carbocycles. The zero-order chi connectivity index (χ0) is 18.8. The minimum absolute atomic E-state index is 0.106. The number of nitrogens with zero attached hydrogens (tertiary/aromatic N) is 4. The number of hydrogen-bond acceptors (Lipinski definition) is 5. The Kier molecular flexibility index (Phi) is 5.03. The van der Waals surface area contributed by atoms with Crippen LogP contribution in [0.25, 0.3) is 10.2 Å². The van der Waals surface area contributed by atoms with Gasteiger partial charge in [-0.3, -0.25) is 9.59 Å². The highest BCUT2D eigenvalue weighted by atomic mass is 32.1. The van der Waals surface area contributed by atoms with Gasteiger partial charge in [0.2, 0.25) is 0 Å². The van der Waals surface area contributed by atoms with Gasteiger partial charge in [-0.25, -0.2) is 9.67 Å². The number of fused-ring (bicyclic) bond motifs is 1. The number of piperidine rings is 1. The fourth-order valence-electron chi connectivity index (χ4n) is 3.52. The highest BCUT2D eigenvalue weighted by Gasteiger charge is 2.28. The number of aryl methyl sites for hydroxylation is 1. The van der Waals surface area contributed by atoms with E-state index in [0.717, 1.165) is 36.3 Å². The first-order chi connectivity index (χ1) is 13.2. The summed E-state index contributed by atoms with van der Waals surface area (Å²) in [6.45, 7) is 3.87. The Balaban J connectivity index is 1.54. The van der Waals surface area contributed by atoms with E-state index in [4.69, 9.17) is 4.98 Å². The molecule has 0 N–H and O–H groups in total. The standard InChI is InChI=1S/C20H22N4O2S/c1-2-11-24-18(25)10-9-16(22-24)20(26)23-12-5-6-14(13-23)19-21-15-7-3-4-8-17(15)27-19/h3-4,7-10,14H,2,5-6,11-13H2,1H3/t14-/m1/s1. The van der Waals surface area contributed by atoms with Crippen molar-refractivity contribution >= 4 is 27.5 Å². The molecule has 0 bridgehead atoms. The summed E-state index contributed by atoms with van der Waals surface area (Å²) in [5.74, 6) is 0.146. The lowest BCUT2D eigenvalue weighted by atomic mass is 9.98. The first kappa shape index (κ1) is 17.9. The lowest BCUT2D eigenvalue weighted by Gasteiger charge is -2.31. The van der Waals surface area contributed by atoms with Crippen LogP contribution in [0.2, 0.25) is 0 Å². The van der Waals surface area contributed by atoms with E-state index in [0.29, 0.717) is 18.8 Å². The molecule has 0 spiro atoms. The zero-order valence-electron chi connectivity index (χ0n) is 15.3. The third-order valence-corrected chi connectivity index (χ3v) is 6.09. The van der Waals surface area contributed by atoms with Crippen LogP contribution in [-0.2, 0) is 6.54 Å². The average molecular weight is 382 g/mol. The third-order valence-electron chi connectivity index (χ3n) is 4.89. The van der Waals surface area contributed by atoms with E-state index < -0.39 is 0 Å². The molecule has 140 valence electrons. The van der Waals surface area contributed by atoms with Crippen LogP contribution in [0.3, 0.4) is 0 Å². The van der Waals surface area contributed by atoms with Crippen LogP contribution in [0, 0.1) is 0 Å². The normalized spacial score (nSPS) is 17.4. The van der Waals surface area contributed by atoms with Gasteiger partial charge in [-0.05, 0) is 37.5 Å². The summed E-state index contributed by atoms with van der Waals surface area (Å²) in [5.41, 5.74) is 1.20. The Bertz CT molecular complexity index is 993. The molecule has 1 amide bonds. The van der Waals surface area contributed by atoms with E-state index in [9.17, 15) is 9.59 Å². The Labute approximate surface area is 161 Å². The number of aromatic nitrogens is 3. The van der Waals surface area contributed by atoms with Gasteiger partial charge in [0.15, 0.2) is 0 Å². The van der Waals surface area contributed by atoms with Crippen LogP contribution in [0.15, 0.2) is 41.2 Å². The molecule has 3 heterocycles. The second-order valence-electron chi connectivity index (χ2n) is 6.89. The SMILES string of the molecule is CCCn1nc(C(=O)N2CCC[C@@H](c3nc4ccccc4s3)C2)ccc1=O. The molecule has 6 nitrogen and oxygen atoms in total. The predicted molar refractivity (Wildman–Crippen MR) is 106 cm³/mol. The number of para-hydroxylation sites is 1. The van der Waals surface area contributed by atoms with Crippen molar-refractivity contribution in [3.05, 3.63) is 57.5 Å². The number of amides is 1. The van der Waals surface area contributed by atoms with Crippen LogP contribution in [0.1, 0.15) is 47.6 Å². The van der Waals surface area contributed by atoms with Gasteiger partial charge in [0, 0.05) is 31.6 Å². The van der Waals surface area contributed by atoms with Gasteiger partial charge in [0.05, 0.1) is 15.2 Å². The largest absolute Gasteiger partial charge is 0.337 e. The van der Waals surface area contributed by atoms with E-state index in [2.05, 4.69) is 11.2 Å². The lowest BCUT2D eigenvalue weighted by Crippen LogP contribution is -2.40. The van der Waals surface area contributed by atoms with Gasteiger partial charge < -0.3 is 4.90 Å². The Morgan fingerprint density at radius 2 is 2.11 bits per heavy atom. The average Bonchev–Trinajstić information content (AvgIpc) is 3.14. The third kappa shape index (κ3) is 3.64. The van der Waals surface area contributed by atoms with Gasteiger partial charge in [-0.15, -0.1) is 11.3 Å². The van der Waals surface area contributed by atoms with Crippen LogP contribution in [0.5, 0.6) is 0 Å². The van der Waals surface area contributed by atoms with Crippen LogP contribution >= 0.6 is 11.3 Å². The molecule has 1 saturated heterocycles. The fourth-order valence-corrected chi connectivity index (χ4v) is 4.62. The number of benzene rings is 1. The number of carbonyl (C=O) groups is 1. The van der Waals surface area contributed by atoms with Gasteiger partial charge in [-0.1, -0.05) is 19.1 Å². The summed E-state index contributed by atoms with van der Waals surface area (Å²) in [7, 11) is 0. The number of likely N-dealkylation sites (tertiary alicyclic amines) is 1. The maximum Gasteiger partial charge on any atom is 0.274 e. The molecule has 0 unspecified atom stereocenters. The molecule has 1 aliphatic rings. The maximum absolute atomic E-state index is 12.9. The van der Waals surface area contributed by atoms with Crippen molar-refractivity contribution in [2.45, 2.75) is 38.6 Å². The summed E-state index contributed by atoms with van der Waals surface area (Å²) in [6.07, 6.45) is 2.78. The summed E-state index contributed by atoms with van der Waals surface area (Å²) >= 11 is 1.71. The highest BCUT2D eigenvalue weighted by molar-refractivity contribution is 7.18. The Morgan fingerprint density at radius 1 is 1.26 bits per heavy atom. The number of hydrogen-bond donors (Lipinski definition) is 0. The number of thiazole rings is 1. The van der Waals surface area contributed by atoms with Crippen molar-refractivity contribution < 1.29 is 4.79 Å². The van der Waals surface area contributed by atoms with Crippen molar-refractivity contribution in [3.63, 3.8) is 0 Å². The lowest BCUT2D eigenvalue weighted by molar-refractivity contribution is 0.0698. The first-order valence-electron chi connectivity index (χ1n) is 9.38. The quantitative estimate of drug-likeness (QED) is 0.694. The minimum atomic E-state index is -0.167. The second-order valence-corrected chi connectivity index (χ2v) is 7.95. The summed E-state index contributed by atoms with van der Waals surface area (Å²) in [6, 6.07) is 11.1. The second kappa shape index (κ2) is 7.60. The molecule has 27 heavy (non-hydrogen) atoms. The van der Waals surface area contributed by atoms with E-state index in [1.165, 1.54) is 21.5 Å². The molecular formula is C20H22N4O2S. The molecule has 3 aromatic rings.